The van der Waals surface area contributed by atoms with Gasteiger partial charge in [0.25, 0.3) is 5.91 Å². The van der Waals surface area contributed by atoms with Gasteiger partial charge < -0.3 is 14.4 Å². The molecule has 0 bridgehead atoms. The van der Waals surface area contributed by atoms with Gasteiger partial charge in [-0.3, -0.25) is 9.59 Å². The van der Waals surface area contributed by atoms with E-state index in [1.54, 1.807) is 57.7 Å². The molecule has 6 heteroatoms. The Morgan fingerprint density at radius 1 is 0.900 bits per heavy atom. The topological polar surface area (TPSA) is 55.8 Å². The van der Waals surface area contributed by atoms with Crippen molar-refractivity contribution < 1.29 is 23.5 Å². The Morgan fingerprint density at radius 2 is 1.57 bits per heavy atom. The normalized spacial score (nSPS) is 10.4. The van der Waals surface area contributed by atoms with Gasteiger partial charge in [-0.05, 0) is 42.5 Å². The fraction of sp³-hybridized carbons (Fsp3) is 0.167. The molecule has 0 aliphatic rings. The van der Waals surface area contributed by atoms with Crippen LogP contribution in [0.4, 0.5) is 4.39 Å². The third-order valence-corrected chi connectivity index (χ3v) is 4.76. The van der Waals surface area contributed by atoms with Gasteiger partial charge >= 0.3 is 0 Å². The number of amides is 1. The lowest BCUT2D eigenvalue weighted by atomic mass is 9.97. The van der Waals surface area contributed by atoms with Crippen molar-refractivity contribution in [2.24, 2.45) is 0 Å². The van der Waals surface area contributed by atoms with Crippen LogP contribution in [-0.2, 0) is 6.54 Å². The number of carbonyl (C=O) groups is 2. The average Bonchev–Trinajstić information content (AvgIpc) is 2.78. The summed E-state index contributed by atoms with van der Waals surface area (Å²) in [5.74, 6) is 0.182. The third-order valence-electron chi connectivity index (χ3n) is 4.76. The average molecular weight is 407 g/mol. The first kappa shape index (κ1) is 21.0. The summed E-state index contributed by atoms with van der Waals surface area (Å²) in [7, 11) is 4.78. The van der Waals surface area contributed by atoms with E-state index in [-0.39, 0.29) is 29.4 Å². The predicted octanol–water partition coefficient (Wildman–Crippen LogP) is 4.35. The first-order valence-electron chi connectivity index (χ1n) is 9.30. The number of rotatable bonds is 7. The number of benzene rings is 3. The summed E-state index contributed by atoms with van der Waals surface area (Å²) in [6.07, 6.45) is 0. The lowest BCUT2D eigenvalue weighted by Gasteiger charge is -2.20. The highest BCUT2D eigenvalue weighted by molar-refractivity contribution is 6.15. The third kappa shape index (κ3) is 4.49. The molecular weight excluding hydrogens is 385 g/mol. The first-order chi connectivity index (χ1) is 14.4. The second-order valence-corrected chi connectivity index (χ2v) is 6.72. The van der Waals surface area contributed by atoms with E-state index < -0.39 is 5.82 Å². The number of ketones is 1. The van der Waals surface area contributed by atoms with Crippen molar-refractivity contribution in [1.29, 1.82) is 0 Å². The van der Waals surface area contributed by atoms with Gasteiger partial charge in [0.15, 0.2) is 5.78 Å². The standard InChI is InChI=1S/C24H22FNO4/c1-26(15-17-10-13-19(29-2)14-22(17)30-3)24(28)21-7-5-4-6-20(21)23(27)16-8-11-18(25)12-9-16/h4-14H,15H2,1-3H3. The Hall–Kier alpha value is -3.67. The van der Waals surface area contributed by atoms with Gasteiger partial charge in [-0.15, -0.1) is 0 Å². The van der Waals surface area contributed by atoms with Crippen LogP contribution < -0.4 is 9.47 Å². The maximum atomic E-state index is 13.2. The van der Waals surface area contributed by atoms with Gasteiger partial charge in [-0.25, -0.2) is 4.39 Å². The summed E-state index contributed by atoms with van der Waals surface area (Å²) in [6, 6.07) is 17.2. The van der Waals surface area contributed by atoms with E-state index in [0.717, 1.165) is 5.56 Å². The summed E-state index contributed by atoms with van der Waals surface area (Å²) in [5.41, 5.74) is 1.66. The van der Waals surface area contributed by atoms with Gasteiger partial charge in [-0.1, -0.05) is 18.2 Å². The Labute approximate surface area is 174 Å². The highest BCUT2D eigenvalue weighted by atomic mass is 19.1. The quantitative estimate of drug-likeness (QED) is 0.547. The van der Waals surface area contributed by atoms with Crippen molar-refractivity contribution in [1.82, 2.24) is 4.90 Å². The van der Waals surface area contributed by atoms with E-state index in [2.05, 4.69) is 0 Å². The molecule has 1 amide bonds. The SMILES string of the molecule is COc1ccc(CN(C)C(=O)c2ccccc2C(=O)c2ccc(F)cc2)c(OC)c1. The molecule has 0 unspecified atom stereocenters. The van der Waals surface area contributed by atoms with Crippen molar-refractivity contribution in [3.63, 3.8) is 0 Å². The lowest BCUT2D eigenvalue weighted by molar-refractivity contribution is 0.0779. The smallest absolute Gasteiger partial charge is 0.254 e. The van der Waals surface area contributed by atoms with Crippen LogP contribution in [0.15, 0.2) is 66.7 Å². The van der Waals surface area contributed by atoms with Crippen molar-refractivity contribution in [3.8, 4) is 11.5 Å². The molecule has 3 rings (SSSR count). The maximum Gasteiger partial charge on any atom is 0.254 e. The Bertz CT molecular complexity index is 1060. The van der Waals surface area contributed by atoms with Gasteiger partial charge in [0, 0.05) is 36.3 Å². The van der Waals surface area contributed by atoms with Crippen LogP contribution in [-0.4, -0.2) is 37.9 Å². The van der Waals surface area contributed by atoms with Crippen LogP contribution >= 0.6 is 0 Å². The number of halogens is 1. The molecular formula is C24H22FNO4. The highest BCUT2D eigenvalue weighted by Crippen LogP contribution is 2.26. The van der Waals surface area contributed by atoms with E-state index in [0.29, 0.717) is 17.1 Å². The van der Waals surface area contributed by atoms with E-state index in [1.165, 1.54) is 29.2 Å². The Balaban J connectivity index is 1.87. The predicted molar refractivity (Wildman–Crippen MR) is 112 cm³/mol. The van der Waals surface area contributed by atoms with Crippen molar-refractivity contribution in [2.45, 2.75) is 6.54 Å². The minimum absolute atomic E-state index is 0.266. The van der Waals surface area contributed by atoms with E-state index in [4.69, 9.17) is 9.47 Å². The van der Waals surface area contributed by atoms with Crippen LogP contribution in [0.5, 0.6) is 11.5 Å². The molecule has 0 aliphatic carbocycles. The van der Waals surface area contributed by atoms with Crippen LogP contribution in [0.2, 0.25) is 0 Å². The zero-order chi connectivity index (χ0) is 21.7. The number of ether oxygens (including phenoxy) is 2. The summed E-state index contributed by atoms with van der Waals surface area (Å²) < 4.78 is 23.8. The molecule has 154 valence electrons. The zero-order valence-electron chi connectivity index (χ0n) is 17.0. The first-order valence-corrected chi connectivity index (χ1v) is 9.30. The minimum Gasteiger partial charge on any atom is -0.497 e. The highest BCUT2D eigenvalue weighted by Gasteiger charge is 2.21. The molecule has 0 spiro atoms. The molecule has 0 aromatic heterocycles. The Morgan fingerprint density at radius 3 is 2.20 bits per heavy atom. The fourth-order valence-corrected chi connectivity index (χ4v) is 3.14. The summed E-state index contributed by atoms with van der Waals surface area (Å²) >= 11 is 0. The van der Waals surface area contributed by atoms with Crippen LogP contribution in [0.25, 0.3) is 0 Å². The molecule has 0 radical (unpaired) electrons. The molecule has 5 nitrogen and oxygen atoms in total. The van der Waals surface area contributed by atoms with Gasteiger partial charge in [0.2, 0.25) is 0 Å². The van der Waals surface area contributed by atoms with Crippen LogP contribution in [0.1, 0.15) is 31.8 Å². The molecule has 0 saturated carbocycles. The molecule has 0 fully saturated rings. The van der Waals surface area contributed by atoms with Crippen molar-refractivity contribution >= 4 is 11.7 Å². The molecule has 0 saturated heterocycles. The summed E-state index contributed by atoms with van der Waals surface area (Å²) in [6.45, 7) is 0.283. The van der Waals surface area contributed by atoms with Gasteiger partial charge in [-0.2, -0.15) is 0 Å². The molecule has 0 atom stereocenters. The van der Waals surface area contributed by atoms with Gasteiger partial charge in [0.05, 0.1) is 19.8 Å². The monoisotopic (exact) mass is 407 g/mol. The maximum absolute atomic E-state index is 13.2. The molecule has 0 heterocycles. The van der Waals surface area contributed by atoms with Crippen molar-refractivity contribution in [3.05, 3.63) is 94.8 Å². The summed E-state index contributed by atoms with van der Waals surface area (Å²) in [5, 5.41) is 0. The lowest BCUT2D eigenvalue weighted by Crippen LogP contribution is -2.28. The number of nitrogens with zero attached hydrogens (tertiary/aromatic N) is 1. The molecule has 0 N–H and O–H groups in total. The number of carbonyl (C=O) groups excluding carboxylic acids is 2. The Kier molecular flexibility index (Phi) is 6.47. The molecule has 3 aromatic carbocycles. The molecule has 30 heavy (non-hydrogen) atoms. The fourth-order valence-electron chi connectivity index (χ4n) is 3.14. The number of hydrogen-bond donors (Lipinski definition) is 0. The minimum atomic E-state index is -0.427. The van der Waals surface area contributed by atoms with Crippen molar-refractivity contribution in [2.75, 3.05) is 21.3 Å². The van der Waals surface area contributed by atoms with E-state index >= 15 is 0 Å². The van der Waals surface area contributed by atoms with Crippen LogP contribution in [0.3, 0.4) is 0 Å². The molecule has 3 aromatic rings. The largest absolute Gasteiger partial charge is 0.497 e. The second-order valence-electron chi connectivity index (χ2n) is 6.72. The van der Waals surface area contributed by atoms with Gasteiger partial charge in [0.1, 0.15) is 17.3 Å². The molecule has 0 aliphatic heterocycles. The zero-order valence-corrected chi connectivity index (χ0v) is 17.0. The van der Waals surface area contributed by atoms with E-state index in [9.17, 15) is 14.0 Å². The van der Waals surface area contributed by atoms with Crippen LogP contribution in [0, 0.1) is 5.82 Å². The summed E-state index contributed by atoms with van der Waals surface area (Å²) in [4.78, 5) is 27.6. The number of methoxy groups -OCH3 is 2. The second kappa shape index (κ2) is 9.22. The number of hydrogen-bond acceptors (Lipinski definition) is 4. The van der Waals surface area contributed by atoms with E-state index in [1.807, 2.05) is 6.07 Å².